The maximum atomic E-state index is 13.6. The summed E-state index contributed by atoms with van der Waals surface area (Å²) < 4.78 is 2.04. The second-order valence-corrected chi connectivity index (χ2v) is 10.2. The predicted molar refractivity (Wildman–Crippen MR) is 121 cm³/mol. The molecule has 1 saturated carbocycles. The molecular formula is C23H28N3OS2+. The molecule has 0 amide bonds. The topological polar surface area (TPSA) is 39.3 Å². The van der Waals surface area contributed by atoms with E-state index in [9.17, 15) is 4.79 Å². The van der Waals surface area contributed by atoms with Gasteiger partial charge in [-0.05, 0) is 24.7 Å². The van der Waals surface area contributed by atoms with E-state index in [-0.39, 0.29) is 5.56 Å². The Morgan fingerprint density at radius 2 is 2.00 bits per heavy atom. The third-order valence-electron chi connectivity index (χ3n) is 6.47. The molecule has 3 heterocycles. The zero-order chi connectivity index (χ0) is 19.8. The first-order chi connectivity index (χ1) is 14.2. The molecule has 0 spiro atoms. The van der Waals surface area contributed by atoms with Crippen LogP contribution in [0.15, 0.2) is 40.3 Å². The monoisotopic (exact) mass is 426 g/mol. The molecule has 0 saturated heterocycles. The Labute approximate surface area is 180 Å². The molecule has 2 aromatic heterocycles. The summed E-state index contributed by atoms with van der Waals surface area (Å²) in [6.45, 7) is 3.13. The Morgan fingerprint density at radius 3 is 2.76 bits per heavy atom. The fraction of sp³-hybridized carbons (Fsp3) is 0.478. The number of thioether (sulfide) groups is 1. The number of thiophene rings is 1. The maximum absolute atomic E-state index is 13.6. The van der Waals surface area contributed by atoms with E-state index in [4.69, 9.17) is 4.98 Å². The van der Waals surface area contributed by atoms with Crippen LogP contribution in [-0.2, 0) is 19.5 Å². The van der Waals surface area contributed by atoms with Gasteiger partial charge < -0.3 is 4.90 Å². The molecule has 6 heteroatoms. The third-order valence-corrected chi connectivity index (χ3v) is 8.25. The molecular weight excluding hydrogens is 398 g/mol. The van der Waals surface area contributed by atoms with Gasteiger partial charge in [-0.15, -0.1) is 11.3 Å². The highest BCUT2D eigenvalue weighted by molar-refractivity contribution is 7.98. The van der Waals surface area contributed by atoms with E-state index >= 15 is 0 Å². The van der Waals surface area contributed by atoms with Crippen LogP contribution in [-0.4, -0.2) is 22.4 Å². The molecule has 1 N–H and O–H groups in total. The van der Waals surface area contributed by atoms with Gasteiger partial charge in [0.2, 0.25) is 0 Å². The van der Waals surface area contributed by atoms with Gasteiger partial charge in [-0.3, -0.25) is 9.36 Å². The van der Waals surface area contributed by atoms with Crippen molar-refractivity contribution >= 4 is 33.3 Å². The lowest BCUT2D eigenvalue weighted by Crippen LogP contribution is -3.10. The van der Waals surface area contributed by atoms with Crippen molar-refractivity contribution in [2.24, 2.45) is 0 Å². The van der Waals surface area contributed by atoms with Gasteiger partial charge in [0, 0.05) is 18.0 Å². The van der Waals surface area contributed by atoms with Crippen molar-refractivity contribution in [1.82, 2.24) is 9.55 Å². The van der Waals surface area contributed by atoms with E-state index in [1.54, 1.807) is 28.0 Å². The summed E-state index contributed by atoms with van der Waals surface area (Å²) >= 11 is 3.37. The highest BCUT2D eigenvalue weighted by Gasteiger charge is 2.29. The molecule has 152 valence electrons. The van der Waals surface area contributed by atoms with Crippen molar-refractivity contribution in [2.75, 3.05) is 12.8 Å². The van der Waals surface area contributed by atoms with Crippen LogP contribution in [0.1, 0.15) is 54.1 Å². The van der Waals surface area contributed by atoms with Gasteiger partial charge in [0.25, 0.3) is 5.56 Å². The molecule has 3 aromatic rings. The first kappa shape index (κ1) is 19.3. The Morgan fingerprint density at radius 1 is 1.21 bits per heavy atom. The summed E-state index contributed by atoms with van der Waals surface area (Å²) in [5, 5.41) is 1.83. The summed E-state index contributed by atoms with van der Waals surface area (Å²) in [5.74, 6) is 0. The largest absolute Gasteiger partial charge is 0.326 e. The summed E-state index contributed by atoms with van der Waals surface area (Å²) in [7, 11) is 0. The van der Waals surface area contributed by atoms with Gasteiger partial charge in [0.1, 0.15) is 17.9 Å². The standard InChI is InChI=1S/C23H27N3OS2/c1-28-23-24-21-20(22(27)26(23)17-10-6-3-7-11-17)18-12-13-25(15-19(18)29-21)14-16-8-4-2-5-9-16/h2,4-5,8-9,17H,3,6-7,10-15H2,1H3/p+1. The van der Waals surface area contributed by atoms with Crippen molar-refractivity contribution in [2.45, 2.75) is 62.8 Å². The van der Waals surface area contributed by atoms with E-state index in [2.05, 4.69) is 30.3 Å². The molecule has 29 heavy (non-hydrogen) atoms. The van der Waals surface area contributed by atoms with Gasteiger partial charge in [0.15, 0.2) is 5.16 Å². The number of rotatable bonds is 4. The zero-order valence-corrected chi connectivity index (χ0v) is 18.6. The van der Waals surface area contributed by atoms with Crippen LogP contribution in [0, 0.1) is 0 Å². The van der Waals surface area contributed by atoms with Crippen LogP contribution in [0.25, 0.3) is 10.2 Å². The number of quaternary nitrogens is 1. The average molecular weight is 427 g/mol. The highest BCUT2D eigenvalue weighted by atomic mass is 32.2. The normalized spacial score (nSPS) is 20.1. The summed E-state index contributed by atoms with van der Waals surface area (Å²) in [4.78, 5) is 22.5. The van der Waals surface area contributed by atoms with Gasteiger partial charge in [0.05, 0.1) is 16.8 Å². The lowest BCUT2D eigenvalue weighted by atomic mass is 9.95. The molecule has 1 fully saturated rings. The molecule has 2 aliphatic rings. The summed E-state index contributed by atoms with van der Waals surface area (Å²) in [5.41, 5.74) is 2.89. The number of benzene rings is 1. The van der Waals surface area contributed by atoms with Crippen molar-refractivity contribution < 1.29 is 4.90 Å². The smallest absolute Gasteiger partial charge is 0.263 e. The molecule has 0 bridgehead atoms. The fourth-order valence-corrected chi connectivity index (χ4v) is 6.96. The van der Waals surface area contributed by atoms with Crippen LogP contribution >= 0.6 is 23.1 Å². The third kappa shape index (κ3) is 3.66. The lowest BCUT2D eigenvalue weighted by Gasteiger charge is -2.26. The second-order valence-electron chi connectivity index (χ2n) is 8.34. The first-order valence-corrected chi connectivity index (χ1v) is 12.8. The van der Waals surface area contributed by atoms with Crippen molar-refractivity contribution in [3.8, 4) is 0 Å². The van der Waals surface area contributed by atoms with E-state index in [1.165, 1.54) is 35.3 Å². The van der Waals surface area contributed by atoms with Crippen LogP contribution in [0.5, 0.6) is 0 Å². The summed E-state index contributed by atoms with van der Waals surface area (Å²) in [6, 6.07) is 11.1. The van der Waals surface area contributed by atoms with Crippen LogP contribution in [0.4, 0.5) is 0 Å². The van der Waals surface area contributed by atoms with E-state index in [1.807, 2.05) is 10.8 Å². The van der Waals surface area contributed by atoms with E-state index in [0.29, 0.717) is 6.04 Å². The number of hydrogen-bond acceptors (Lipinski definition) is 4. The fourth-order valence-electron chi connectivity index (χ4n) is 5.01. The average Bonchev–Trinajstić information content (AvgIpc) is 3.12. The van der Waals surface area contributed by atoms with Gasteiger partial charge in [-0.1, -0.05) is 61.4 Å². The van der Waals surface area contributed by atoms with Crippen LogP contribution in [0.2, 0.25) is 0 Å². The van der Waals surface area contributed by atoms with Gasteiger partial charge in [-0.2, -0.15) is 0 Å². The number of fused-ring (bicyclic) bond motifs is 3. The molecule has 4 nitrogen and oxygen atoms in total. The van der Waals surface area contributed by atoms with Crippen molar-refractivity contribution in [1.29, 1.82) is 0 Å². The number of hydrogen-bond donors (Lipinski definition) is 1. The van der Waals surface area contributed by atoms with Crippen LogP contribution < -0.4 is 10.5 Å². The van der Waals surface area contributed by atoms with Gasteiger partial charge >= 0.3 is 0 Å². The Hall–Kier alpha value is -1.63. The van der Waals surface area contributed by atoms with E-state index in [0.717, 1.165) is 54.3 Å². The first-order valence-electron chi connectivity index (χ1n) is 10.7. The molecule has 1 aliphatic carbocycles. The molecule has 1 atom stereocenters. The Kier molecular flexibility index (Phi) is 5.50. The molecule has 1 aliphatic heterocycles. The minimum Gasteiger partial charge on any atom is -0.326 e. The molecule has 0 radical (unpaired) electrons. The van der Waals surface area contributed by atoms with Crippen molar-refractivity contribution in [3.63, 3.8) is 0 Å². The number of aromatic nitrogens is 2. The summed E-state index contributed by atoms with van der Waals surface area (Å²) in [6.07, 6.45) is 9.00. The van der Waals surface area contributed by atoms with E-state index < -0.39 is 0 Å². The van der Waals surface area contributed by atoms with Crippen molar-refractivity contribution in [3.05, 3.63) is 56.7 Å². The zero-order valence-electron chi connectivity index (χ0n) is 16.9. The van der Waals surface area contributed by atoms with Crippen LogP contribution in [0.3, 0.4) is 0 Å². The number of nitrogens with one attached hydrogen (secondary N) is 1. The number of nitrogens with zero attached hydrogens (tertiary/aromatic N) is 2. The Bertz CT molecular complexity index is 1070. The Balaban J connectivity index is 1.51. The molecule has 1 unspecified atom stereocenters. The minimum absolute atomic E-state index is 0.218. The molecule has 5 rings (SSSR count). The quantitative estimate of drug-likeness (QED) is 0.509. The SMILES string of the molecule is CSc1nc2sc3c(c2c(=O)n1C1CCCCC1)CC[NH+](Cc1ccccc1)C3. The highest BCUT2D eigenvalue weighted by Crippen LogP contribution is 2.34. The second kappa shape index (κ2) is 8.25. The van der Waals surface area contributed by atoms with Gasteiger partial charge in [-0.25, -0.2) is 4.98 Å². The lowest BCUT2D eigenvalue weighted by molar-refractivity contribution is -0.929. The maximum Gasteiger partial charge on any atom is 0.263 e. The molecule has 1 aromatic carbocycles. The predicted octanol–water partition coefficient (Wildman–Crippen LogP) is 3.83. The minimum atomic E-state index is 0.218.